The van der Waals surface area contributed by atoms with Crippen molar-refractivity contribution in [3.8, 4) is 0 Å². The second-order valence-electron chi connectivity index (χ2n) is 5.70. The van der Waals surface area contributed by atoms with E-state index >= 15 is 0 Å². The third kappa shape index (κ3) is 2.81. The summed E-state index contributed by atoms with van der Waals surface area (Å²) in [6.07, 6.45) is 4.40. The molecule has 0 aliphatic heterocycles. The molecule has 0 spiro atoms. The molecule has 0 aliphatic rings. The van der Waals surface area contributed by atoms with Gasteiger partial charge < -0.3 is 0 Å². The van der Waals surface area contributed by atoms with Crippen LogP contribution in [0.4, 0.5) is 0 Å². The first-order valence-corrected chi connectivity index (χ1v) is 9.35. The molecule has 0 aliphatic carbocycles. The molecule has 116 valence electrons. The lowest BCUT2D eigenvalue weighted by Gasteiger charge is -2.06. The SMILES string of the molecule is Brc1ccc(/C=C/c2ccc(Br)c3ccccc23)c2ccccc12. The smallest absolute Gasteiger partial charge is 0.0254 e. The fourth-order valence-corrected chi connectivity index (χ4v) is 4.00. The van der Waals surface area contributed by atoms with Crippen molar-refractivity contribution in [2.24, 2.45) is 0 Å². The molecule has 0 N–H and O–H groups in total. The third-order valence-corrected chi connectivity index (χ3v) is 5.63. The Morgan fingerprint density at radius 3 is 1.25 bits per heavy atom. The van der Waals surface area contributed by atoms with E-state index in [1.165, 1.54) is 32.7 Å². The highest BCUT2D eigenvalue weighted by molar-refractivity contribution is 9.11. The van der Waals surface area contributed by atoms with Crippen LogP contribution in [0.1, 0.15) is 11.1 Å². The second-order valence-corrected chi connectivity index (χ2v) is 7.41. The predicted octanol–water partition coefficient (Wildman–Crippen LogP) is 7.69. The van der Waals surface area contributed by atoms with E-state index in [9.17, 15) is 0 Å². The topological polar surface area (TPSA) is 0 Å². The van der Waals surface area contributed by atoms with Crippen LogP contribution in [0.5, 0.6) is 0 Å². The van der Waals surface area contributed by atoms with Crippen LogP contribution in [0, 0.1) is 0 Å². The van der Waals surface area contributed by atoms with Crippen molar-refractivity contribution in [2.75, 3.05) is 0 Å². The van der Waals surface area contributed by atoms with E-state index in [0.717, 1.165) is 8.95 Å². The van der Waals surface area contributed by atoms with Gasteiger partial charge in [0.2, 0.25) is 0 Å². The summed E-state index contributed by atoms with van der Waals surface area (Å²) in [5, 5.41) is 4.98. The number of halogens is 2. The lowest BCUT2D eigenvalue weighted by molar-refractivity contribution is 1.67. The highest BCUT2D eigenvalue weighted by Crippen LogP contribution is 2.30. The second kappa shape index (κ2) is 6.54. The van der Waals surface area contributed by atoms with Crippen molar-refractivity contribution in [1.29, 1.82) is 0 Å². The molecule has 0 amide bonds. The zero-order chi connectivity index (χ0) is 16.5. The summed E-state index contributed by atoms with van der Waals surface area (Å²) in [5.74, 6) is 0. The highest BCUT2D eigenvalue weighted by Gasteiger charge is 2.03. The van der Waals surface area contributed by atoms with E-state index in [0.29, 0.717) is 0 Å². The zero-order valence-corrected chi connectivity index (χ0v) is 16.0. The molecule has 4 aromatic rings. The van der Waals surface area contributed by atoms with E-state index in [4.69, 9.17) is 0 Å². The number of fused-ring (bicyclic) bond motifs is 2. The molecule has 0 unspecified atom stereocenters. The predicted molar refractivity (Wildman–Crippen MR) is 112 cm³/mol. The van der Waals surface area contributed by atoms with E-state index in [1.54, 1.807) is 0 Å². The molecule has 0 nitrogen and oxygen atoms in total. The Labute approximate surface area is 158 Å². The normalized spacial score (nSPS) is 11.6. The molecule has 0 atom stereocenters. The Morgan fingerprint density at radius 2 is 0.833 bits per heavy atom. The molecule has 0 fully saturated rings. The fourth-order valence-electron chi connectivity index (χ4n) is 3.04. The molecule has 24 heavy (non-hydrogen) atoms. The summed E-state index contributed by atoms with van der Waals surface area (Å²) >= 11 is 7.28. The van der Waals surface area contributed by atoms with Crippen LogP contribution in [0.3, 0.4) is 0 Å². The molecule has 0 aromatic heterocycles. The Hall–Kier alpha value is -1.90. The van der Waals surface area contributed by atoms with Gasteiger partial charge in [0, 0.05) is 8.95 Å². The summed E-state index contributed by atoms with van der Waals surface area (Å²) in [7, 11) is 0. The zero-order valence-electron chi connectivity index (χ0n) is 12.8. The maximum absolute atomic E-state index is 3.64. The first-order valence-electron chi connectivity index (χ1n) is 7.76. The molecule has 4 aromatic carbocycles. The van der Waals surface area contributed by atoms with Gasteiger partial charge in [-0.25, -0.2) is 0 Å². The lowest BCUT2D eigenvalue weighted by atomic mass is 10.0. The van der Waals surface area contributed by atoms with Crippen LogP contribution in [-0.4, -0.2) is 0 Å². The largest absolute Gasteiger partial charge is 0.0616 e. The third-order valence-electron chi connectivity index (χ3n) is 4.25. The molecule has 0 saturated heterocycles. The van der Waals surface area contributed by atoms with Crippen molar-refractivity contribution < 1.29 is 0 Å². The maximum atomic E-state index is 3.64. The van der Waals surface area contributed by atoms with Gasteiger partial charge in [-0.15, -0.1) is 0 Å². The quantitative estimate of drug-likeness (QED) is 0.282. The first kappa shape index (κ1) is 15.6. The van der Waals surface area contributed by atoms with Crippen LogP contribution in [0.15, 0.2) is 81.7 Å². The maximum Gasteiger partial charge on any atom is 0.0254 e. The van der Waals surface area contributed by atoms with Gasteiger partial charge in [-0.1, -0.05) is 105 Å². The van der Waals surface area contributed by atoms with E-state index in [-0.39, 0.29) is 0 Å². The average molecular weight is 438 g/mol. The van der Waals surface area contributed by atoms with E-state index in [1.807, 2.05) is 0 Å². The number of rotatable bonds is 2. The number of benzene rings is 4. The summed E-state index contributed by atoms with van der Waals surface area (Å²) in [6, 6.07) is 25.5. The minimum atomic E-state index is 1.13. The van der Waals surface area contributed by atoms with Crippen LogP contribution < -0.4 is 0 Å². The van der Waals surface area contributed by atoms with Gasteiger partial charge in [0.1, 0.15) is 0 Å². The molecular weight excluding hydrogens is 424 g/mol. The van der Waals surface area contributed by atoms with Gasteiger partial charge in [-0.3, -0.25) is 0 Å². The van der Waals surface area contributed by atoms with Gasteiger partial charge in [-0.05, 0) is 44.8 Å². The minimum Gasteiger partial charge on any atom is -0.0616 e. The van der Waals surface area contributed by atoms with Crippen LogP contribution >= 0.6 is 31.9 Å². The van der Waals surface area contributed by atoms with Gasteiger partial charge in [0.15, 0.2) is 0 Å². The molecule has 0 heterocycles. The Kier molecular flexibility index (Phi) is 4.26. The number of hydrogen-bond donors (Lipinski definition) is 0. The number of hydrogen-bond acceptors (Lipinski definition) is 0. The van der Waals surface area contributed by atoms with Gasteiger partial charge in [0.05, 0.1) is 0 Å². The van der Waals surface area contributed by atoms with E-state index in [2.05, 4.69) is 117 Å². The molecule has 2 heteroatoms. The summed E-state index contributed by atoms with van der Waals surface area (Å²) in [5.41, 5.74) is 2.45. The van der Waals surface area contributed by atoms with Crippen molar-refractivity contribution in [3.05, 3.63) is 92.9 Å². The lowest BCUT2D eigenvalue weighted by Crippen LogP contribution is -1.82. The first-order chi connectivity index (χ1) is 11.7. The Balaban J connectivity index is 1.85. The standard InChI is InChI=1S/C22H14Br2/c23-21-13-11-15(17-5-1-3-7-19(17)21)9-10-16-12-14-22(24)20-8-4-2-6-18(16)20/h1-14H/b10-9+. The van der Waals surface area contributed by atoms with Crippen molar-refractivity contribution in [3.63, 3.8) is 0 Å². The molecular formula is C22H14Br2. The summed E-state index contributed by atoms with van der Waals surface area (Å²) in [4.78, 5) is 0. The van der Waals surface area contributed by atoms with Gasteiger partial charge >= 0.3 is 0 Å². The van der Waals surface area contributed by atoms with Crippen molar-refractivity contribution in [1.82, 2.24) is 0 Å². The van der Waals surface area contributed by atoms with E-state index < -0.39 is 0 Å². The molecule has 0 radical (unpaired) electrons. The van der Waals surface area contributed by atoms with Gasteiger partial charge in [0.25, 0.3) is 0 Å². The Morgan fingerprint density at radius 1 is 0.458 bits per heavy atom. The monoisotopic (exact) mass is 436 g/mol. The fraction of sp³-hybridized carbons (Fsp3) is 0. The average Bonchev–Trinajstić information content (AvgIpc) is 2.63. The summed E-state index contributed by atoms with van der Waals surface area (Å²) in [6.45, 7) is 0. The van der Waals surface area contributed by atoms with Crippen LogP contribution in [0.2, 0.25) is 0 Å². The minimum absolute atomic E-state index is 1.13. The van der Waals surface area contributed by atoms with Crippen molar-refractivity contribution in [2.45, 2.75) is 0 Å². The van der Waals surface area contributed by atoms with Crippen LogP contribution in [0.25, 0.3) is 33.7 Å². The highest BCUT2D eigenvalue weighted by atomic mass is 79.9. The molecule has 0 bridgehead atoms. The summed E-state index contributed by atoms with van der Waals surface area (Å²) < 4.78 is 2.26. The van der Waals surface area contributed by atoms with Crippen LogP contribution in [-0.2, 0) is 0 Å². The molecule has 0 saturated carbocycles. The molecule has 4 rings (SSSR count). The van der Waals surface area contributed by atoms with Gasteiger partial charge in [-0.2, -0.15) is 0 Å². The Bertz CT molecular complexity index is 990. The van der Waals surface area contributed by atoms with Crippen molar-refractivity contribution >= 4 is 65.6 Å².